The summed E-state index contributed by atoms with van der Waals surface area (Å²) in [6, 6.07) is 11.8. The number of rotatable bonds is 3. The van der Waals surface area contributed by atoms with Crippen LogP contribution in [0.5, 0.6) is 0 Å². The van der Waals surface area contributed by atoms with Crippen molar-refractivity contribution in [2.24, 2.45) is 5.41 Å². The number of fused-ring (bicyclic) bond motifs is 1. The molecule has 0 atom stereocenters. The first kappa shape index (κ1) is 15.6. The number of hydrogen-bond donors (Lipinski definition) is 2. The molecule has 0 fully saturated rings. The summed E-state index contributed by atoms with van der Waals surface area (Å²) in [6.07, 6.45) is 4.77. The predicted octanol–water partition coefficient (Wildman–Crippen LogP) is 4.37. The normalized spacial score (nSPS) is 15.7. The largest absolute Gasteiger partial charge is 0.356 e. The fourth-order valence-electron chi connectivity index (χ4n) is 3.50. The number of carbonyl (C=O) groups is 1. The van der Waals surface area contributed by atoms with Crippen LogP contribution in [0.15, 0.2) is 48.8 Å². The Hall–Kier alpha value is -2.95. The van der Waals surface area contributed by atoms with Crippen molar-refractivity contribution in [2.45, 2.75) is 26.7 Å². The van der Waals surface area contributed by atoms with Gasteiger partial charge in [-0.15, -0.1) is 0 Å². The van der Waals surface area contributed by atoms with Gasteiger partial charge in [0.1, 0.15) is 0 Å². The number of nitrogens with zero attached hydrogens (tertiary/aromatic N) is 2. The van der Waals surface area contributed by atoms with Crippen molar-refractivity contribution in [2.75, 3.05) is 5.32 Å². The van der Waals surface area contributed by atoms with E-state index in [4.69, 9.17) is 0 Å². The van der Waals surface area contributed by atoms with E-state index in [0.717, 1.165) is 40.3 Å². The second-order valence-electron chi connectivity index (χ2n) is 7.29. The van der Waals surface area contributed by atoms with E-state index in [-0.39, 0.29) is 11.2 Å². The highest BCUT2D eigenvalue weighted by atomic mass is 16.1. The van der Waals surface area contributed by atoms with E-state index >= 15 is 0 Å². The first-order chi connectivity index (χ1) is 12.0. The molecule has 1 aliphatic carbocycles. The van der Waals surface area contributed by atoms with Crippen molar-refractivity contribution >= 4 is 17.2 Å². The van der Waals surface area contributed by atoms with Crippen LogP contribution in [0, 0.1) is 5.41 Å². The molecule has 0 amide bonds. The van der Waals surface area contributed by atoms with Gasteiger partial charge in [-0.25, -0.2) is 0 Å². The van der Waals surface area contributed by atoms with E-state index in [0.29, 0.717) is 6.42 Å². The lowest BCUT2D eigenvalue weighted by Gasteiger charge is -2.28. The topological polar surface area (TPSA) is 70.7 Å². The zero-order valence-corrected chi connectivity index (χ0v) is 14.3. The predicted molar refractivity (Wildman–Crippen MR) is 98.0 cm³/mol. The Morgan fingerprint density at radius 3 is 2.60 bits per heavy atom. The molecule has 0 saturated carbocycles. The Bertz CT molecular complexity index is 914. The molecule has 0 saturated heterocycles. The maximum atomic E-state index is 12.9. The van der Waals surface area contributed by atoms with Gasteiger partial charge in [-0.1, -0.05) is 32.0 Å². The van der Waals surface area contributed by atoms with Crippen LogP contribution in [0.2, 0.25) is 0 Å². The molecule has 25 heavy (non-hydrogen) atoms. The molecule has 1 aliphatic rings. The lowest BCUT2D eigenvalue weighted by atomic mass is 9.76. The van der Waals surface area contributed by atoms with Crippen LogP contribution in [0.4, 0.5) is 11.4 Å². The number of hydrogen-bond acceptors (Lipinski definition) is 4. The lowest BCUT2D eigenvalue weighted by Crippen LogP contribution is -2.26. The van der Waals surface area contributed by atoms with Gasteiger partial charge in [-0.2, -0.15) is 10.2 Å². The second-order valence-corrected chi connectivity index (χ2v) is 7.29. The molecule has 3 aromatic rings. The molecule has 0 radical (unpaired) electrons. The quantitative estimate of drug-likeness (QED) is 0.747. The molecule has 5 heteroatoms. The van der Waals surface area contributed by atoms with Gasteiger partial charge < -0.3 is 10.3 Å². The van der Waals surface area contributed by atoms with Gasteiger partial charge in [-0.3, -0.25) is 4.79 Å². The maximum absolute atomic E-state index is 12.9. The molecule has 0 unspecified atom stereocenters. The van der Waals surface area contributed by atoms with Gasteiger partial charge in [-0.05, 0) is 30.0 Å². The molecule has 4 rings (SSSR count). The molecule has 0 aliphatic heterocycles. The fraction of sp³-hybridized carbons (Fsp3) is 0.250. The van der Waals surface area contributed by atoms with E-state index in [9.17, 15) is 4.79 Å². The molecule has 126 valence electrons. The Kier molecular flexibility index (Phi) is 3.64. The van der Waals surface area contributed by atoms with Crippen molar-refractivity contribution in [1.29, 1.82) is 0 Å². The lowest BCUT2D eigenvalue weighted by molar-refractivity contribution is 0.0912. The number of carbonyl (C=O) groups excluding carboxylic acids is 1. The summed E-state index contributed by atoms with van der Waals surface area (Å²) in [6.45, 7) is 4.26. The average Bonchev–Trinajstić information content (AvgIpc) is 2.93. The molecule has 1 aromatic carbocycles. The number of benzene rings is 1. The summed E-state index contributed by atoms with van der Waals surface area (Å²) in [5, 5.41) is 11.3. The summed E-state index contributed by atoms with van der Waals surface area (Å²) in [4.78, 5) is 16.3. The smallest absolute Gasteiger partial charge is 0.167 e. The van der Waals surface area contributed by atoms with Crippen molar-refractivity contribution in [3.8, 4) is 11.3 Å². The van der Waals surface area contributed by atoms with Gasteiger partial charge in [0, 0.05) is 23.4 Å². The highest BCUT2D eigenvalue weighted by Gasteiger charge is 2.35. The molecule has 5 nitrogen and oxygen atoms in total. The van der Waals surface area contributed by atoms with Crippen LogP contribution in [0.3, 0.4) is 0 Å². The number of nitrogens with one attached hydrogen (secondary N) is 2. The fourth-order valence-corrected chi connectivity index (χ4v) is 3.50. The molecular formula is C20H20N4O. The van der Waals surface area contributed by atoms with Crippen LogP contribution in [0.1, 0.15) is 36.3 Å². The molecule has 2 N–H and O–H groups in total. The number of Topliss-reactive ketones (excluding diaryl/α,β-unsaturated/α-hetero) is 1. The second kappa shape index (κ2) is 5.84. The third kappa shape index (κ3) is 2.93. The van der Waals surface area contributed by atoms with Crippen molar-refractivity contribution < 1.29 is 4.79 Å². The molecule has 2 aromatic heterocycles. The van der Waals surface area contributed by atoms with Gasteiger partial charge in [0.25, 0.3) is 0 Å². The van der Waals surface area contributed by atoms with Crippen LogP contribution >= 0.6 is 0 Å². The summed E-state index contributed by atoms with van der Waals surface area (Å²) >= 11 is 0. The zero-order chi connectivity index (χ0) is 17.4. The van der Waals surface area contributed by atoms with Gasteiger partial charge >= 0.3 is 0 Å². The number of H-pyrrole nitrogens is 1. The van der Waals surface area contributed by atoms with E-state index < -0.39 is 0 Å². The van der Waals surface area contributed by atoms with Crippen LogP contribution < -0.4 is 5.32 Å². The zero-order valence-electron chi connectivity index (χ0n) is 14.3. The van der Waals surface area contributed by atoms with Crippen LogP contribution in [-0.2, 0) is 6.42 Å². The number of aromatic nitrogens is 3. The Balaban J connectivity index is 1.88. The Morgan fingerprint density at radius 1 is 1.08 bits per heavy atom. The highest BCUT2D eigenvalue weighted by Crippen LogP contribution is 2.42. The average molecular weight is 332 g/mol. The van der Waals surface area contributed by atoms with E-state index in [1.807, 2.05) is 36.4 Å². The van der Waals surface area contributed by atoms with Crippen molar-refractivity contribution in [1.82, 2.24) is 15.2 Å². The van der Waals surface area contributed by atoms with Crippen molar-refractivity contribution in [3.63, 3.8) is 0 Å². The molecule has 0 bridgehead atoms. The molecule has 0 spiro atoms. The SMILES string of the molecule is CC1(C)CC(=O)c2c([nH]c(-c3ccnnc3)c2Nc2ccccc2)C1. The number of ketones is 1. The summed E-state index contributed by atoms with van der Waals surface area (Å²) in [5.74, 6) is 0.175. The molecule has 2 heterocycles. The Morgan fingerprint density at radius 2 is 1.88 bits per heavy atom. The minimum atomic E-state index is -0.0350. The monoisotopic (exact) mass is 332 g/mol. The summed E-state index contributed by atoms with van der Waals surface area (Å²) < 4.78 is 0. The minimum absolute atomic E-state index is 0.0350. The first-order valence-corrected chi connectivity index (χ1v) is 8.41. The van der Waals surface area contributed by atoms with E-state index in [1.54, 1.807) is 12.4 Å². The number of aromatic amines is 1. The first-order valence-electron chi connectivity index (χ1n) is 8.41. The highest BCUT2D eigenvalue weighted by molar-refractivity contribution is 6.07. The minimum Gasteiger partial charge on any atom is -0.356 e. The van der Waals surface area contributed by atoms with Crippen molar-refractivity contribution in [3.05, 3.63) is 60.0 Å². The molecular weight excluding hydrogens is 312 g/mol. The Labute approximate surface area is 146 Å². The van der Waals surface area contributed by atoms with E-state index in [2.05, 4.69) is 34.3 Å². The van der Waals surface area contributed by atoms with Gasteiger partial charge in [0.15, 0.2) is 5.78 Å². The standard InChI is InChI=1S/C20H20N4O/c1-20(2)10-15-17(16(25)11-20)19(23-14-6-4-3-5-7-14)18(24-15)13-8-9-21-22-12-13/h3-9,12,23-24H,10-11H2,1-2H3. The maximum Gasteiger partial charge on any atom is 0.167 e. The van der Waals surface area contributed by atoms with E-state index in [1.165, 1.54) is 0 Å². The van der Waals surface area contributed by atoms with Crippen LogP contribution in [-0.4, -0.2) is 21.0 Å². The third-order valence-corrected chi connectivity index (χ3v) is 4.57. The summed E-state index contributed by atoms with van der Waals surface area (Å²) in [5.41, 5.74) is 5.30. The number of para-hydroxylation sites is 1. The van der Waals surface area contributed by atoms with Gasteiger partial charge in [0.05, 0.1) is 29.3 Å². The summed E-state index contributed by atoms with van der Waals surface area (Å²) in [7, 11) is 0. The van der Waals surface area contributed by atoms with Crippen LogP contribution in [0.25, 0.3) is 11.3 Å². The number of anilines is 2. The van der Waals surface area contributed by atoms with Gasteiger partial charge in [0.2, 0.25) is 0 Å². The third-order valence-electron chi connectivity index (χ3n) is 4.57.